The molecule has 0 aliphatic rings. The predicted molar refractivity (Wildman–Crippen MR) is 64.7 cm³/mol. The summed E-state index contributed by atoms with van der Waals surface area (Å²) in [5.74, 6) is -0.180. The average molecular weight is 258 g/mol. The summed E-state index contributed by atoms with van der Waals surface area (Å²) >= 11 is 0. The highest BCUT2D eigenvalue weighted by molar-refractivity contribution is 5.95. The smallest absolute Gasteiger partial charge is 0.234 e. The second-order valence-corrected chi connectivity index (χ2v) is 3.99. The van der Waals surface area contributed by atoms with Crippen LogP contribution in [0.4, 0.5) is 4.39 Å². The molecule has 0 aliphatic heterocycles. The highest BCUT2D eigenvalue weighted by Crippen LogP contribution is 2.08. The highest BCUT2D eigenvalue weighted by Gasteiger charge is 2.07. The van der Waals surface area contributed by atoms with Crippen molar-refractivity contribution in [3.8, 4) is 6.07 Å². The van der Waals surface area contributed by atoms with Crippen LogP contribution >= 0.6 is 0 Å². The van der Waals surface area contributed by atoms with E-state index in [1.54, 1.807) is 4.57 Å². The molecule has 0 amide bonds. The lowest BCUT2D eigenvalue weighted by Gasteiger charge is -2.03. The van der Waals surface area contributed by atoms with Gasteiger partial charge in [-0.05, 0) is 30.7 Å². The topological polar surface area (TPSA) is 71.6 Å². The lowest BCUT2D eigenvalue weighted by Crippen LogP contribution is -2.04. The van der Waals surface area contributed by atoms with Crippen LogP contribution in [0.25, 0.3) is 0 Å². The van der Waals surface area contributed by atoms with Crippen LogP contribution in [0, 0.1) is 17.1 Å². The number of ketones is 1. The van der Waals surface area contributed by atoms with Crippen molar-refractivity contribution < 1.29 is 9.18 Å². The fourth-order valence-corrected chi connectivity index (χ4v) is 1.70. The van der Waals surface area contributed by atoms with Crippen molar-refractivity contribution in [3.05, 3.63) is 47.8 Å². The van der Waals surface area contributed by atoms with Crippen LogP contribution in [-0.4, -0.2) is 20.5 Å². The Morgan fingerprint density at radius 3 is 2.79 bits per heavy atom. The van der Waals surface area contributed by atoms with Gasteiger partial charge in [-0.15, -0.1) is 10.2 Å². The molecule has 0 atom stereocenters. The number of carbonyl (C=O) groups is 1. The van der Waals surface area contributed by atoms with E-state index in [0.29, 0.717) is 24.9 Å². The molecule has 1 aromatic carbocycles. The van der Waals surface area contributed by atoms with Gasteiger partial charge in [0.1, 0.15) is 18.2 Å². The molecular formula is C13H11FN4O. The number of hydrogen-bond acceptors (Lipinski definition) is 4. The lowest BCUT2D eigenvalue weighted by atomic mass is 10.1. The van der Waals surface area contributed by atoms with Gasteiger partial charge in [0.15, 0.2) is 5.78 Å². The van der Waals surface area contributed by atoms with E-state index in [-0.39, 0.29) is 17.4 Å². The van der Waals surface area contributed by atoms with Gasteiger partial charge in [0.2, 0.25) is 5.82 Å². The summed E-state index contributed by atoms with van der Waals surface area (Å²) in [6, 6.07) is 7.38. The van der Waals surface area contributed by atoms with Gasteiger partial charge < -0.3 is 4.57 Å². The van der Waals surface area contributed by atoms with Crippen LogP contribution in [-0.2, 0) is 6.54 Å². The van der Waals surface area contributed by atoms with E-state index in [0.717, 1.165) is 0 Å². The fourth-order valence-electron chi connectivity index (χ4n) is 1.70. The van der Waals surface area contributed by atoms with Crippen LogP contribution in [0.2, 0.25) is 0 Å². The number of benzene rings is 1. The van der Waals surface area contributed by atoms with E-state index >= 15 is 0 Å². The van der Waals surface area contributed by atoms with Crippen molar-refractivity contribution in [3.63, 3.8) is 0 Å². The molecule has 0 unspecified atom stereocenters. The maximum absolute atomic E-state index is 12.7. The summed E-state index contributed by atoms with van der Waals surface area (Å²) in [6.07, 6.45) is 2.36. The number of aryl methyl sites for hydroxylation is 1. The molecule has 1 aromatic heterocycles. The maximum Gasteiger partial charge on any atom is 0.234 e. The standard InChI is InChI=1S/C13H11FN4O/c14-11-5-3-10(4-6-11)12(19)2-1-7-18-9-16-17-13(18)8-15/h3-6,9H,1-2,7H2. The number of rotatable bonds is 5. The molecule has 19 heavy (non-hydrogen) atoms. The molecule has 2 aromatic rings. The zero-order valence-corrected chi connectivity index (χ0v) is 10.1. The van der Waals surface area contributed by atoms with Gasteiger partial charge in [-0.25, -0.2) is 4.39 Å². The molecule has 0 saturated carbocycles. The molecule has 0 bridgehead atoms. The Morgan fingerprint density at radius 1 is 1.37 bits per heavy atom. The molecule has 0 saturated heterocycles. The monoisotopic (exact) mass is 258 g/mol. The summed E-state index contributed by atoms with van der Waals surface area (Å²) in [5.41, 5.74) is 0.491. The van der Waals surface area contributed by atoms with Crippen LogP contribution in [0.5, 0.6) is 0 Å². The van der Waals surface area contributed by atoms with E-state index in [1.165, 1.54) is 30.6 Å². The van der Waals surface area contributed by atoms with Gasteiger partial charge in [-0.2, -0.15) is 5.26 Å². The number of hydrogen-bond donors (Lipinski definition) is 0. The molecule has 2 rings (SSSR count). The first-order valence-electron chi connectivity index (χ1n) is 5.77. The van der Waals surface area contributed by atoms with Crippen molar-refractivity contribution in [1.82, 2.24) is 14.8 Å². The van der Waals surface area contributed by atoms with Crippen molar-refractivity contribution >= 4 is 5.78 Å². The van der Waals surface area contributed by atoms with Gasteiger partial charge in [0.05, 0.1) is 0 Å². The number of aromatic nitrogens is 3. The molecule has 1 heterocycles. The minimum atomic E-state index is -0.361. The maximum atomic E-state index is 12.7. The van der Waals surface area contributed by atoms with Crippen molar-refractivity contribution in [1.29, 1.82) is 5.26 Å². The Kier molecular flexibility index (Phi) is 3.98. The van der Waals surface area contributed by atoms with Crippen molar-refractivity contribution in [2.45, 2.75) is 19.4 Å². The summed E-state index contributed by atoms with van der Waals surface area (Å²) in [5, 5.41) is 16.0. The van der Waals surface area contributed by atoms with Crippen LogP contribution in [0.1, 0.15) is 29.0 Å². The molecule has 0 N–H and O–H groups in total. The van der Waals surface area contributed by atoms with E-state index in [4.69, 9.17) is 5.26 Å². The third kappa shape index (κ3) is 3.22. The number of nitriles is 1. The Morgan fingerprint density at radius 2 is 2.11 bits per heavy atom. The number of Topliss-reactive ketones (excluding diaryl/α,β-unsaturated/α-hetero) is 1. The van der Waals surface area contributed by atoms with E-state index in [1.807, 2.05) is 6.07 Å². The molecule has 0 aliphatic carbocycles. The second-order valence-electron chi connectivity index (χ2n) is 3.99. The van der Waals surface area contributed by atoms with E-state index in [2.05, 4.69) is 10.2 Å². The Labute approximate surface area is 109 Å². The molecule has 96 valence electrons. The number of halogens is 1. The Bertz CT molecular complexity index is 612. The highest BCUT2D eigenvalue weighted by atomic mass is 19.1. The minimum absolute atomic E-state index is 0.0495. The average Bonchev–Trinajstić information content (AvgIpc) is 2.87. The molecular weight excluding hydrogens is 247 g/mol. The number of carbonyl (C=O) groups excluding carboxylic acids is 1. The third-order valence-electron chi connectivity index (χ3n) is 2.68. The van der Waals surface area contributed by atoms with Crippen LogP contribution in [0.3, 0.4) is 0 Å². The summed E-state index contributed by atoms with van der Waals surface area (Å²) in [4.78, 5) is 11.8. The van der Waals surface area contributed by atoms with Gasteiger partial charge in [-0.1, -0.05) is 0 Å². The van der Waals surface area contributed by atoms with Gasteiger partial charge in [-0.3, -0.25) is 4.79 Å². The first-order chi connectivity index (χ1) is 9.20. The quantitative estimate of drug-likeness (QED) is 0.768. The van der Waals surface area contributed by atoms with E-state index < -0.39 is 0 Å². The zero-order chi connectivity index (χ0) is 13.7. The van der Waals surface area contributed by atoms with Crippen LogP contribution < -0.4 is 0 Å². The van der Waals surface area contributed by atoms with Gasteiger partial charge >= 0.3 is 0 Å². The zero-order valence-electron chi connectivity index (χ0n) is 10.1. The van der Waals surface area contributed by atoms with E-state index in [9.17, 15) is 9.18 Å². The molecule has 6 heteroatoms. The third-order valence-corrected chi connectivity index (χ3v) is 2.68. The normalized spacial score (nSPS) is 10.1. The summed E-state index contributed by atoms with van der Waals surface area (Å²) < 4.78 is 14.3. The Hall–Kier alpha value is -2.55. The second kappa shape index (κ2) is 5.87. The van der Waals surface area contributed by atoms with Crippen LogP contribution in [0.15, 0.2) is 30.6 Å². The van der Waals surface area contributed by atoms with Gasteiger partial charge in [0.25, 0.3) is 0 Å². The molecule has 0 radical (unpaired) electrons. The SMILES string of the molecule is N#Cc1nncn1CCCC(=O)c1ccc(F)cc1. The summed E-state index contributed by atoms with van der Waals surface area (Å²) in [6.45, 7) is 0.503. The van der Waals surface area contributed by atoms with Gasteiger partial charge in [0, 0.05) is 18.5 Å². The summed E-state index contributed by atoms with van der Waals surface area (Å²) in [7, 11) is 0. The lowest BCUT2D eigenvalue weighted by molar-refractivity contribution is 0.0978. The van der Waals surface area contributed by atoms with Crippen molar-refractivity contribution in [2.24, 2.45) is 0 Å². The Balaban J connectivity index is 1.88. The van der Waals surface area contributed by atoms with Crippen molar-refractivity contribution in [2.75, 3.05) is 0 Å². The first kappa shape index (κ1) is 12.9. The fraction of sp³-hybridized carbons (Fsp3) is 0.231. The largest absolute Gasteiger partial charge is 0.305 e. The molecule has 0 fully saturated rings. The minimum Gasteiger partial charge on any atom is -0.305 e. The predicted octanol–water partition coefficient (Wildman–Crippen LogP) is 1.95. The first-order valence-corrected chi connectivity index (χ1v) is 5.77. The molecule has 0 spiro atoms. The molecule has 5 nitrogen and oxygen atoms in total. The number of nitrogens with zero attached hydrogens (tertiary/aromatic N) is 4.